The molecule has 2 atom stereocenters. The number of hydrogen-bond donors (Lipinski definition) is 0. The molecular weight excluding hydrogens is 534 g/mol. The Balaban J connectivity index is 1.60. The lowest BCUT2D eigenvalue weighted by atomic mass is 9.96. The zero-order valence-corrected chi connectivity index (χ0v) is 26.6. The predicted octanol–water partition coefficient (Wildman–Crippen LogP) is 8.60. The average Bonchev–Trinajstić information content (AvgIpc) is 3.79. The molecule has 2 aromatic carbocycles. The predicted molar refractivity (Wildman–Crippen MR) is 167 cm³/mol. The minimum absolute atomic E-state index is 0.325. The number of ether oxygens (including phenoxy) is 2. The van der Waals surface area contributed by atoms with Gasteiger partial charge in [-0.15, -0.1) is 0 Å². The Bertz CT molecular complexity index is 1360. The zero-order chi connectivity index (χ0) is 29.7. The van der Waals surface area contributed by atoms with E-state index in [1.54, 1.807) is 6.07 Å². The smallest absolute Gasteiger partial charge is 0.213 e. The second-order valence-electron chi connectivity index (χ2n) is 12.2. The molecule has 1 aliphatic carbocycles. The number of rotatable bonds is 14. The summed E-state index contributed by atoms with van der Waals surface area (Å²) in [6.45, 7) is 13.8. The molecule has 1 aliphatic rings. The summed E-state index contributed by atoms with van der Waals surface area (Å²) in [7, 11) is -0.603. The van der Waals surface area contributed by atoms with E-state index in [1.807, 2.05) is 37.9 Å². The molecule has 1 fully saturated rings. The number of pyridine rings is 1. The fourth-order valence-electron chi connectivity index (χ4n) is 5.60. The highest BCUT2D eigenvalue weighted by molar-refractivity contribution is 7.63. The standard InChI is InChI=1S/C34H46FN2O3P/c1-8-41(7,38)22-32(26-13-14-26)27-10-9-11-29(17-27)40-21-25-12-15-30(31-18-34(39-6)36-19-33(31)35)28(16-25)20-37(23(2)3)24(4)5/h9-12,15-19,23-24,26,32H,8,13-14,20-22H2,1-7H3/t32-,41?/m0/s1. The van der Waals surface area contributed by atoms with Gasteiger partial charge in [-0.1, -0.05) is 37.3 Å². The minimum Gasteiger partial charge on any atom is -0.489 e. The van der Waals surface area contributed by atoms with Gasteiger partial charge in [0.1, 0.15) is 18.2 Å². The molecule has 0 amide bonds. The number of nitrogens with zero attached hydrogens (tertiary/aromatic N) is 2. The van der Waals surface area contributed by atoms with Crippen LogP contribution in [0.5, 0.6) is 11.6 Å². The second kappa shape index (κ2) is 13.5. The van der Waals surface area contributed by atoms with E-state index in [1.165, 1.54) is 31.7 Å². The number of hydrogen-bond acceptors (Lipinski definition) is 5. The van der Waals surface area contributed by atoms with Gasteiger partial charge in [0, 0.05) is 36.4 Å². The number of aromatic nitrogens is 1. The maximum absolute atomic E-state index is 15.0. The molecule has 1 unspecified atom stereocenters. The number of halogens is 1. The van der Waals surface area contributed by atoms with Crippen LogP contribution in [-0.4, -0.2) is 48.1 Å². The molecule has 7 heteroatoms. The van der Waals surface area contributed by atoms with Crippen LogP contribution in [-0.2, 0) is 17.7 Å². The first-order valence-electron chi connectivity index (χ1n) is 14.9. The summed E-state index contributed by atoms with van der Waals surface area (Å²) >= 11 is 0. The topological polar surface area (TPSA) is 51.7 Å². The number of methoxy groups -OCH3 is 1. The maximum atomic E-state index is 15.0. The molecule has 41 heavy (non-hydrogen) atoms. The third-order valence-electron chi connectivity index (χ3n) is 8.31. The Labute approximate surface area is 245 Å². The van der Waals surface area contributed by atoms with Gasteiger partial charge in [0.2, 0.25) is 5.88 Å². The molecular formula is C34H46FN2O3P. The molecule has 0 aliphatic heterocycles. The highest BCUT2D eigenvalue weighted by atomic mass is 31.2. The van der Waals surface area contributed by atoms with Crippen molar-refractivity contribution in [1.29, 1.82) is 0 Å². The maximum Gasteiger partial charge on any atom is 0.213 e. The van der Waals surface area contributed by atoms with Gasteiger partial charge in [-0.05, 0) is 99.6 Å². The summed E-state index contributed by atoms with van der Waals surface area (Å²) < 4.78 is 39.6. The molecule has 0 spiro atoms. The number of benzene rings is 2. The molecule has 4 rings (SSSR count). The molecule has 0 radical (unpaired) electrons. The van der Waals surface area contributed by atoms with E-state index in [-0.39, 0.29) is 5.82 Å². The lowest BCUT2D eigenvalue weighted by Gasteiger charge is -2.31. The third kappa shape index (κ3) is 8.20. The summed E-state index contributed by atoms with van der Waals surface area (Å²) in [5.41, 5.74) is 4.58. The second-order valence-corrected chi connectivity index (χ2v) is 15.7. The van der Waals surface area contributed by atoms with E-state index < -0.39 is 7.14 Å². The lowest BCUT2D eigenvalue weighted by molar-refractivity contribution is 0.166. The van der Waals surface area contributed by atoms with Crippen LogP contribution in [0.1, 0.15) is 70.1 Å². The van der Waals surface area contributed by atoms with Crippen LogP contribution in [0.15, 0.2) is 54.7 Å². The molecule has 0 saturated heterocycles. The van der Waals surface area contributed by atoms with Crippen LogP contribution in [0.25, 0.3) is 11.1 Å². The van der Waals surface area contributed by atoms with E-state index in [0.717, 1.165) is 34.8 Å². The monoisotopic (exact) mass is 580 g/mol. The Morgan fingerprint density at radius 2 is 1.78 bits per heavy atom. The lowest BCUT2D eigenvalue weighted by Crippen LogP contribution is -2.36. The van der Waals surface area contributed by atoms with E-state index in [2.05, 4.69) is 55.8 Å². The van der Waals surface area contributed by atoms with Gasteiger partial charge in [0.05, 0.1) is 20.4 Å². The van der Waals surface area contributed by atoms with Gasteiger partial charge < -0.3 is 14.0 Å². The van der Waals surface area contributed by atoms with Crippen LogP contribution < -0.4 is 9.47 Å². The van der Waals surface area contributed by atoms with Crippen molar-refractivity contribution in [2.24, 2.45) is 5.92 Å². The fourth-order valence-corrected chi connectivity index (χ4v) is 7.20. The quantitative estimate of drug-likeness (QED) is 0.179. The molecule has 3 aromatic rings. The van der Waals surface area contributed by atoms with Crippen molar-refractivity contribution in [3.8, 4) is 22.8 Å². The molecule has 5 nitrogen and oxygen atoms in total. The van der Waals surface area contributed by atoms with E-state index in [4.69, 9.17) is 9.47 Å². The molecule has 1 aromatic heterocycles. The van der Waals surface area contributed by atoms with Crippen LogP contribution in [0.3, 0.4) is 0 Å². The van der Waals surface area contributed by atoms with E-state index >= 15 is 4.39 Å². The van der Waals surface area contributed by atoms with Gasteiger partial charge in [0.25, 0.3) is 0 Å². The summed E-state index contributed by atoms with van der Waals surface area (Å²) in [6.07, 6.45) is 5.15. The zero-order valence-electron chi connectivity index (χ0n) is 25.7. The van der Waals surface area contributed by atoms with Crippen LogP contribution in [0, 0.1) is 11.7 Å². The van der Waals surface area contributed by atoms with Crippen molar-refractivity contribution >= 4 is 7.14 Å². The van der Waals surface area contributed by atoms with Crippen molar-refractivity contribution < 1.29 is 18.4 Å². The Morgan fingerprint density at radius 3 is 2.41 bits per heavy atom. The van der Waals surface area contributed by atoms with Crippen molar-refractivity contribution in [1.82, 2.24) is 9.88 Å². The average molecular weight is 581 g/mol. The van der Waals surface area contributed by atoms with E-state index in [9.17, 15) is 4.57 Å². The normalized spacial score (nSPS) is 15.8. The van der Waals surface area contributed by atoms with Gasteiger partial charge in [-0.2, -0.15) is 0 Å². The van der Waals surface area contributed by atoms with Crippen LogP contribution in [0.4, 0.5) is 4.39 Å². The van der Waals surface area contributed by atoms with Crippen LogP contribution in [0.2, 0.25) is 0 Å². The van der Waals surface area contributed by atoms with Crippen molar-refractivity contribution in [3.63, 3.8) is 0 Å². The molecule has 0 N–H and O–H groups in total. The highest BCUT2D eigenvalue weighted by Gasteiger charge is 2.35. The van der Waals surface area contributed by atoms with Gasteiger partial charge in [-0.3, -0.25) is 4.90 Å². The van der Waals surface area contributed by atoms with Gasteiger partial charge in [0.15, 0.2) is 0 Å². The largest absolute Gasteiger partial charge is 0.489 e. The summed E-state index contributed by atoms with van der Waals surface area (Å²) in [4.78, 5) is 6.42. The minimum atomic E-state index is -2.14. The highest BCUT2D eigenvalue weighted by Crippen LogP contribution is 2.52. The van der Waals surface area contributed by atoms with Crippen molar-refractivity contribution in [3.05, 3.63) is 77.2 Å². The first-order chi connectivity index (χ1) is 19.5. The SMILES string of the molecule is CCP(C)(=O)C[C@H](c1cccc(OCc2ccc(-c3cc(OC)ncc3F)c(CN(C(C)C)C(C)C)c2)c1)C1CC1. The summed E-state index contributed by atoms with van der Waals surface area (Å²) in [5.74, 6) is 1.77. The van der Waals surface area contributed by atoms with Crippen molar-refractivity contribution in [2.75, 3.05) is 26.1 Å². The molecule has 0 bridgehead atoms. The van der Waals surface area contributed by atoms with Crippen LogP contribution >= 0.6 is 7.14 Å². The first-order valence-corrected chi connectivity index (χ1v) is 17.4. The van der Waals surface area contributed by atoms with Gasteiger partial charge >= 0.3 is 0 Å². The fraction of sp³-hybridized carbons (Fsp3) is 0.500. The third-order valence-corrected chi connectivity index (χ3v) is 10.8. The summed E-state index contributed by atoms with van der Waals surface area (Å²) in [5, 5.41) is 0. The van der Waals surface area contributed by atoms with Gasteiger partial charge in [-0.25, -0.2) is 9.37 Å². The first kappa shape index (κ1) is 31.3. The van der Waals surface area contributed by atoms with E-state index in [0.29, 0.717) is 48.5 Å². The Hall–Kier alpha value is -2.69. The molecule has 222 valence electrons. The molecule has 1 saturated carbocycles. The Morgan fingerprint density at radius 1 is 1.05 bits per heavy atom. The molecule has 1 heterocycles. The summed E-state index contributed by atoms with van der Waals surface area (Å²) in [6, 6.07) is 16.8. The van der Waals surface area contributed by atoms with Crippen molar-refractivity contribution in [2.45, 2.75) is 78.6 Å². The Kier molecular flexibility index (Phi) is 10.3.